The maximum atomic E-state index is 12.3. The number of hydrogen-bond donors (Lipinski definition) is 1. The lowest BCUT2D eigenvalue weighted by molar-refractivity contribution is -0.124. The monoisotopic (exact) mass is 359 g/mol. The molecule has 2 fully saturated rings. The Kier molecular flexibility index (Phi) is 4.38. The Labute approximate surface area is 153 Å². The van der Waals surface area contributed by atoms with E-state index in [0.29, 0.717) is 25.7 Å². The number of carbonyl (C=O) groups is 2. The minimum atomic E-state index is -0.386. The topological polar surface area (TPSA) is 71.1 Å². The first-order chi connectivity index (χ1) is 12.5. The summed E-state index contributed by atoms with van der Waals surface area (Å²) >= 11 is 0. The van der Waals surface area contributed by atoms with Gasteiger partial charge in [-0.15, -0.1) is 0 Å². The number of cyclic esters (lactones) is 1. The summed E-state index contributed by atoms with van der Waals surface area (Å²) in [5.74, 6) is 0.697. The van der Waals surface area contributed by atoms with Crippen LogP contribution in [0.4, 0.5) is 16.2 Å². The van der Waals surface area contributed by atoms with Crippen molar-refractivity contribution in [3.05, 3.63) is 18.2 Å². The van der Waals surface area contributed by atoms with Gasteiger partial charge in [0.25, 0.3) is 0 Å². The first-order valence-electron chi connectivity index (χ1n) is 9.32. The number of rotatable bonds is 4. The molecule has 7 heteroatoms. The average Bonchev–Trinajstić information content (AvgIpc) is 3.25. The number of amides is 2. The van der Waals surface area contributed by atoms with Gasteiger partial charge in [0.1, 0.15) is 18.5 Å². The molecule has 0 aromatic heterocycles. The number of nitrogens with zero attached hydrogens (tertiary/aromatic N) is 2. The molecule has 26 heavy (non-hydrogen) atoms. The van der Waals surface area contributed by atoms with Crippen LogP contribution in [0.2, 0.25) is 0 Å². The molecule has 0 spiro atoms. The number of anilines is 2. The number of benzene rings is 1. The van der Waals surface area contributed by atoms with Crippen molar-refractivity contribution >= 4 is 23.4 Å². The van der Waals surface area contributed by atoms with Crippen molar-refractivity contribution in [1.29, 1.82) is 0 Å². The van der Waals surface area contributed by atoms with Crippen molar-refractivity contribution in [3.8, 4) is 5.75 Å². The fourth-order valence-electron chi connectivity index (χ4n) is 3.79. The zero-order valence-corrected chi connectivity index (χ0v) is 15.2. The SMILES string of the molecule is CC(C)C(=O)NC[C@H]1CN(c2ccc3c(c2)OC[C@@H]2CCCN32)C(=O)O1. The maximum Gasteiger partial charge on any atom is 0.414 e. The Morgan fingerprint density at radius 2 is 2.23 bits per heavy atom. The van der Waals surface area contributed by atoms with E-state index in [-0.39, 0.29) is 24.0 Å². The van der Waals surface area contributed by atoms with Gasteiger partial charge < -0.3 is 19.7 Å². The van der Waals surface area contributed by atoms with Crippen molar-refractivity contribution in [1.82, 2.24) is 5.32 Å². The van der Waals surface area contributed by atoms with Gasteiger partial charge in [0.15, 0.2) is 0 Å². The molecule has 4 rings (SSSR count). The van der Waals surface area contributed by atoms with Crippen molar-refractivity contribution in [3.63, 3.8) is 0 Å². The summed E-state index contributed by atoms with van der Waals surface area (Å²) in [6.45, 7) is 6.17. The Balaban J connectivity index is 1.45. The summed E-state index contributed by atoms with van der Waals surface area (Å²) in [5, 5.41) is 2.82. The molecule has 1 N–H and O–H groups in total. The van der Waals surface area contributed by atoms with Gasteiger partial charge in [-0.1, -0.05) is 13.8 Å². The van der Waals surface area contributed by atoms with E-state index in [2.05, 4.69) is 10.2 Å². The van der Waals surface area contributed by atoms with E-state index in [9.17, 15) is 9.59 Å². The van der Waals surface area contributed by atoms with Crippen LogP contribution in [0.25, 0.3) is 0 Å². The predicted octanol–water partition coefficient (Wildman–Crippen LogP) is 2.15. The average molecular weight is 359 g/mol. The third kappa shape index (κ3) is 3.06. The van der Waals surface area contributed by atoms with Crippen LogP contribution in [0.15, 0.2) is 18.2 Å². The number of ether oxygens (including phenoxy) is 2. The Morgan fingerprint density at radius 1 is 1.38 bits per heavy atom. The van der Waals surface area contributed by atoms with E-state index in [1.54, 1.807) is 4.90 Å². The smallest absolute Gasteiger partial charge is 0.414 e. The first kappa shape index (κ1) is 17.0. The summed E-state index contributed by atoms with van der Waals surface area (Å²) in [6, 6.07) is 6.36. The van der Waals surface area contributed by atoms with Crippen LogP contribution in [0.1, 0.15) is 26.7 Å². The molecule has 0 radical (unpaired) electrons. The Morgan fingerprint density at radius 3 is 3.04 bits per heavy atom. The van der Waals surface area contributed by atoms with Crippen LogP contribution in [0.3, 0.4) is 0 Å². The lowest BCUT2D eigenvalue weighted by Crippen LogP contribution is -2.38. The highest BCUT2D eigenvalue weighted by atomic mass is 16.6. The van der Waals surface area contributed by atoms with Crippen LogP contribution in [0.5, 0.6) is 5.75 Å². The summed E-state index contributed by atoms with van der Waals surface area (Å²) < 4.78 is 11.3. The molecule has 0 saturated carbocycles. The van der Waals surface area contributed by atoms with Crippen molar-refractivity contribution in [2.75, 3.05) is 36.0 Å². The third-order valence-corrected chi connectivity index (χ3v) is 5.28. The molecule has 1 aromatic carbocycles. The Bertz CT molecular complexity index is 721. The van der Waals surface area contributed by atoms with Crippen LogP contribution in [-0.2, 0) is 9.53 Å². The maximum absolute atomic E-state index is 12.3. The first-order valence-corrected chi connectivity index (χ1v) is 9.32. The Hall–Kier alpha value is -2.44. The highest BCUT2D eigenvalue weighted by molar-refractivity contribution is 5.91. The normalized spacial score (nSPS) is 24.2. The van der Waals surface area contributed by atoms with Crippen molar-refractivity contribution < 1.29 is 19.1 Å². The highest BCUT2D eigenvalue weighted by Crippen LogP contribution is 2.40. The third-order valence-electron chi connectivity index (χ3n) is 5.28. The summed E-state index contributed by atoms with van der Waals surface area (Å²) in [7, 11) is 0. The van der Waals surface area contributed by atoms with Crippen LogP contribution < -0.4 is 19.9 Å². The van der Waals surface area contributed by atoms with Crippen LogP contribution in [-0.4, -0.2) is 50.4 Å². The lowest BCUT2D eigenvalue weighted by atomic mass is 10.1. The predicted molar refractivity (Wildman–Crippen MR) is 97.8 cm³/mol. The molecule has 3 heterocycles. The largest absolute Gasteiger partial charge is 0.489 e. The minimum Gasteiger partial charge on any atom is -0.489 e. The van der Waals surface area contributed by atoms with Gasteiger partial charge in [0, 0.05) is 18.5 Å². The number of fused-ring (bicyclic) bond motifs is 3. The molecule has 0 unspecified atom stereocenters. The molecule has 2 atom stereocenters. The van der Waals surface area contributed by atoms with Gasteiger partial charge in [0.2, 0.25) is 5.91 Å². The number of hydrogen-bond acceptors (Lipinski definition) is 5. The van der Waals surface area contributed by atoms with Gasteiger partial charge in [0.05, 0.1) is 30.5 Å². The van der Waals surface area contributed by atoms with Gasteiger partial charge in [-0.2, -0.15) is 0 Å². The van der Waals surface area contributed by atoms with E-state index in [1.165, 1.54) is 12.8 Å². The van der Waals surface area contributed by atoms with E-state index in [1.807, 2.05) is 32.0 Å². The summed E-state index contributed by atoms with van der Waals surface area (Å²) in [6.07, 6.45) is 1.63. The van der Waals surface area contributed by atoms with Crippen molar-refractivity contribution in [2.45, 2.75) is 38.8 Å². The van der Waals surface area contributed by atoms with E-state index < -0.39 is 0 Å². The molecule has 140 valence electrons. The fourth-order valence-corrected chi connectivity index (χ4v) is 3.79. The zero-order chi connectivity index (χ0) is 18.3. The molecule has 2 saturated heterocycles. The van der Waals surface area contributed by atoms with Crippen molar-refractivity contribution in [2.24, 2.45) is 5.92 Å². The number of carbonyl (C=O) groups excluding carboxylic acids is 2. The second-order valence-corrected chi connectivity index (χ2v) is 7.47. The highest BCUT2D eigenvalue weighted by Gasteiger charge is 2.35. The lowest BCUT2D eigenvalue weighted by Gasteiger charge is -2.34. The summed E-state index contributed by atoms with van der Waals surface area (Å²) in [5.41, 5.74) is 1.87. The molecule has 1 aromatic rings. The molecule has 3 aliphatic rings. The standard InChI is InChI=1S/C19H25N3O4/c1-12(2)18(23)20-9-15-10-22(19(24)26-15)13-5-6-16-17(8-13)25-11-14-4-3-7-21(14)16/h5-6,8,12,14-15H,3-4,7,9-11H2,1-2H3,(H,20,23)/t14-,15-/m0/s1. The molecular formula is C19H25N3O4. The van der Waals surface area contributed by atoms with Gasteiger partial charge in [-0.05, 0) is 25.0 Å². The van der Waals surface area contributed by atoms with Gasteiger partial charge >= 0.3 is 6.09 Å². The molecule has 0 bridgehead atoms. The van der Waals surface area contributed by atoms with Gasteiger partial charge in [-0.25, -0.2) is 4.79 Å². The molecule has 2 amide bonds. The van der Waals surface area contributed by atoms with E-state index in [0.717, 1.165) is 23.7 Å². The molecular weight excluding hydrogens is 334 g/mol. The molecule has 7 nitrogen and oxygen atoms in total. The van der Waals surface area contributed by atoms with E-state index >= 15 is 0 Å². The van der Waals surface area contributed by atoms with Crippen LogP contribution >= 0.6 is 0 Å². The second kappa shape index (κ2) is 6.70. The zero-order valence-electron chi connectivity index (χ0n) is 15.2. The summed E-state index contributed by atoms with van der Waals surface area (Å²) in [4.78, 5) is 28.0. The van der Waals surface area contributed by atoms with Gasteiger partial charge in [-0.3, -0.25) is 9.69 Å². The second-order valence-electron chi connectivity index (χ2n) is 7.47. The minimum absolute atomic E-state index is 0.0400. The quantitative estimate of drug-likeness (QED) is 0.892. The molecule has 0 aliphatic carbocycles. The van der Waals surface area contributed by atoms with Crippen LogP contribution in [0, 0.1) is 5.92 Å². The fraction of sp³-hybridized carbons (Fsp3) is 0.579. The van der Waals surface area contributed by atoms with E-state index in [4.69, 9.17) is 9.47 Å². The molecule has 3 aliphatic heterocycles. The number of nitrogens with one attached hydrogen (secondary N) is 1.